The van der Waals surface area contributed by atoms with E-state index in [1.54, 1.807) is 19.2 Å². The Bertz CT molecular complexity index is 681. The van der Waals surface area contributed by atoms with Crippen LogP contribution in [0.25, 0.3) is 0 Å². The fourth-order valence-electron chi connectivity index (χ4n) is 3.81. The molecule has 2 saturated heterocycles. The molecule has 1 unspecified atom stereocenters. The largest absolute Gasteiger partial charge is 0.399 e. The molecule has 2 heterocycles. The third kappa shape index (κ3) is 4.90. The zero-order chi connectivity index (χ0) is 18.5. The zero-order valence-corrected chi connectivity index (χ0v) is 16.6. The number of hydrogen-bond acceptors (Lipinski definition) is 4. The summed E-state index contributed by atoms with van der Waals surface area (Å²) >= 11 is 12.0. The molecule has 1 aromatic carbocycles. The van der Waals surface area contributed by atoms with E-state index >= 15 is 0 Å². The molecular weight excluding hydrogens is 373 g/mol. The van der Waals surface area contributed by atoms with Crippen molar-refractivity contribution in [1.82, 2.24) is 9.80 Å². The van der Waals surface area contributed by atoms with E-state index < -0.39 is 0 Å². The van der Waals surface area contributed by atoms with Crippen LogP contribution in [0.2, 0.25) is 10.0 Å². The highest BCUT2D eigenvalue weighted by molar-refractivity contribution is 6.42. The van der Waals surface area contributed by atoms with Gasteiger partial charge in [-0.05, 0) is 37.0 Å². The average Bonchev–Trinajstić information content (AvgIpc) is 3.06. The molecule has 2 aliphatic heterocycles. The lowest BCUT2D eigenvalue weighted by atomic mass is 10.00. The van der Waals surface area contributed by atoms with Crippen LogP contribution >= 0.6 is 23.2 Å². The van der Waals surface area contributed by atoms with E-state index in [0.717, 1.165) is 56.7 Å². The molecule has 0 radical (unpaired) electrons. The summed E-state index contributed by atoms with van der Waals surface area (Å²) in [6, 6.07) is 5.68. The molecule has 7 heteroatoms. The van der Waals surface area contributed by atoms with E-state index in [1.807, 2.05) is 6.07 Å². The third-order valence-corrected chi connectivity index (χ3v) is 5.84. The first-order valence-electron chi connectivity index (χ1n) is 9.11. The van der Waals surface area contributed by atoms with Crippen molar-refractivity contribution in [3.05, 3.63) is 33.8 Å². The van der Waals surface area contributed by atoms with Crippen molar-refractivity contribution in [1.29, 1.82) is 0 Å². The van der Waals surface area contributed by atoms with Crippen molar-refractivity contribution in [3.63, 3.8) is 0 Å². The van der Waals surface area contributed by atoms with E-state index in [2.05, 4.69) is 15.0 Å². The Hall–Kier alpha value is -1.30. The second-order valence-electron chi connectivity index (χ2n) is 6.99. The normalized spacial score (nSPS) is 22.8. The molecule has 1 amide bonds. The Morgan fingerprint density at radius 1 is 1.27 bits per heavy atom. The smallest absolute Gasteiger partial charge is 0.227 e. The Morgan fingerprint density at radius 2 is 2.12 bits per heavy atom. The zero-order valence-electron chi connectivity index (χ0n) is 15.1. The molecule has 2 fully saturated rings. The quantitative estimate of drug-likeness (QED) is 0.712. The highest BCUT2D eigenvalue weighted by Crippen LogP contribution is 2.24. The molecule has 0 bridgehead atoms. The fraction of sp³-hybridized carbons (Fsp3) is 0.579. The van der Waals surface area contributed by atoms with Crippen molar-refractivity contribution in [2.24, 2.45) is 5.16 Å². The SMILES string of the molecule is CON=C1CCN(CC2CCCCN2C(=O)Cc2ccc(Cl)c(Cl)c2)C1. The number of likely N-dealkylation sites (tertiary alicyclic amines) is 2. The topological polar surface area (TPSA) is 45.1 Å². The van der Waals surface area contributed by atoms with Crippen LogP contribution < -0.4 is 0 Å². The van der Waals surface area contributed by atoms with Crippen LogP contribution in [0.1, 0.15) is 31.2 Å². The minimum Gasteiger partial charge on any atom is -0.399 e. The predicted molar refractivity (Wildman–Crippen MR) is 105 cm³/mol. The molecule has 26 heavy (non-hydrogen) atoms. The second-order valence-corrected chi connectivity index (χ2v) is 7.80. The number of benzene rings is 1. The highest BCUT2D eigenvalue weighted by Gasteiger charge is 2.30. The lowest BCUT2D eigenvalue weighted by molar-refractivity contribution is -0.134. The van der Waals surface area contributed by atoms with Gasteiger partial charge in [0.25, 0.3) is 0 Å². The van der Waals surface area contributed by atoms with Gasteiger partial charge >= 0.3 is 0 Å². The van der Waals surface area contributed by atoms with Crippen molar-refractivity contribution in [3.8, 4) is 0 Å². The van der Waals surface area contributed by atoms with Crippen LogP contribution in [0.3, 0.4) is 0 Å². The highest BCUT2D eigenvalue weighted by atomic mass is 35.5. The molecule has 0 aromatic heterocycles. The first kappa shape index (κ1) is 19.5. The maximum atomic E-state index is 12.9. The number of rotatable bonds is 5. The molecule has 1 atom stereocenters. The Labute approximate surface area is 164 Å². The van der Waals surface area contributed by atoms with Gasteiger partial charge < -0.3 is 9.74 Å². The maximum absolute atomic E-state index is 12.9. The average molecular weight is 398 g/mol. The van der Waals surface area contributed by atoms with Gasteiger partial charge in [-0.15, -0.1) is 0 Å². The number of piperidine rings is 1. The monoisotopic (exact) mass is 397 g/mol. The summed E-state index contributed by atoms with van der Waals surface area (Å²) in [5, 5.41) is 5.07. The van der Waals surface area contributed by atoms with Crippen molar-refractivity contribution >= 4 is 34.8 Å². The molecule has 0 N–H and O–H groups in total. The molecule has 142 valence electrons. The van der Waals surface area contributed by atoms with Crippen LogP contribution in [-0.4, -0.2) is 60.7 Å². The Balaban J connectivity index is 1.61. The first-order chi connectivity index (χ1) is 12.6. The lowest BCUT2D eigenvalue weighted by Crippen LogP contribution is -2.49. The number of halogens is 2. The van der Waals surface area contributed by atoms with E-state index in [0.29, 0.717) is 16.5 Å². The molecule has 0 spiro atoms. The van der Waals surface area contributed by atoms with E-state index in [-0.39, 0.29) is 11.9 Å². The Kier molecular flexibility index (Phi) is 6.79. The number of hydrogen-bond donors (Lipinski definition) is 0. The summed E-state index contributed by atoms with van der Waals surface area (Å²) in [6.45, 7) is 3.54. The van der Waals surface area contributed by atoms with Crippen LogP contribution in [-0.2, 0) is 16.1 Å². The van der Waals surface area contributed by atoms with Gasteiger partial charge in [-0.3, -0.25) is 9.69 Å². The summed E-state index contributed by atoms with van der Waals surface area (Å²) in [5.41, 5.74) is 1.99. The molecule has 0 saturated carbocycles. The van der Waals surface area contributed by atoms with E-state index in [1.165, 1.54) is 6.42 Å². The van der Waals surface area contributed by atoms with Crippen molar-refractivity contribution in [2.45, 2.75) is 38.1 Å². The summed E-state index contributed by atoms with van der Waals surface area (Å²) in [4.78, 5) is 22.2. The summed E-state index contributed by atoms with van der Waals surface area (Å²) in [6.07, 6.45) is 4.61. The van der Waals surface area contributed by atoms with Crippen molar-refractivity contribution in [2.75, 3.05) is 33.3 Å². The van der Waals surface area contributed by atoms with Crippen LogP contribution in [0, 0.1) is 0 Å². The summed E-state index contributed by atoms with van der Waals surface area (Å²) in [7, 11) is 1.58. The number of carbonyl (C=O) groups is 1. The predicted octanol–water partition coefficient (Wildman–Crippen LogP) is 3.63. The Morgan fingerprint density at radius 3 is 2.88 bits per heavy atom. The number of nitrogens with zero attached hydrogens (tertiary/aromatic N) is 3. The molecule has 3 rings (SSSR count). The van der Waals surface area contributed by atoms with Crippen LogP contribution in [0.4, 0.5) is 0 Å². The molecule has 0 aliphatic carbocycles. The van der Waals surface area contributed by atoms with Crippen LogP contribution in [0.15, 0.2) is 23.4 Å². The number of amides is 1. The summed E-state index contributed by atoms with van der Waals surface area (Å²) < 4.78 is 0. The molecule has 5 nitrogen and oxygen atoms in total. The number of carbonyl (C=O) groups excluding carboxylic acids is 1. The lowest BCUT2D eigenvalue weighted by Gasteiger charge is -2.38. The van der Waals surface area contributed by atoms with E-state index in [9.17, 15) is 4.79 Å². The fourth-order valence-corrected chi connectivity index (χ4v) is 4.13. The number of oxime groups is 1. The standard InChI is InChI=1S/C19H25Cl2N3O2/c1-26-22-15-7-9-23(12-15)13-16-4-2-3-8-24(16)19(25)11-14-5-6-17(20)18(21)10-14/h5-6,10,16H,2-4,7-9,11-13H2,1H3. The molecular formula is C19H25Cl2N3O2. The maximum Gasteiger partial charge on any atom is 0.227 e. The van der Waals surface area contributed by atoms with Gasteiger partial charge in [-0.25, -0.2) is 0 Å². The van der Waals surface area contributed by atoms with Gasteiger partial charge in [0.2, 0.25) is 5.91 Å². The summed E-state index contributed by atoms with van der Waals surface area (Å²) in [5.74, 6) is 0.165. The minimum atomic E-state index is 0.165. The van der Waals surface area contributed by atoms with Gasteiger partial charge in [0.1, 0.15) is 7.11 Å². The minimum absolute atomic E-state index is 0.165. The van der Waals surface area contributed by atoms with Gasteiger partial charge in [-0.1, -0.05) is 34.4 Å². The van der Waals surface area contributed by atoms with Gasteiger partial charge in [0, 0.05) is 38.6 Å². The first-order valence-corrected chi connectivity index (χ1v) is 9.87. The second kappa shape index (κ2) is 9.07. The van der Waals surface area contributed by atoms with Gasteiger partial charge in [-0.2, -0.15) is 0 Å². The van der Waals surface area contributed by atoms with Gasteiger partial charge in [0.15, 0.2) is 0 Å². The van der Waals surface area contributed by atoms with Crippen molar-refractivity contribution < 1.29 is 9.63 Å². The molecule has 2 aliphatic rings. The van der Waals surface area contributed by atoms with E-state index in [4.69, 9.17) is 28.0 Å². The van der Waals surface area contributed by atoms with Crippen LogP contribution in [0.5, 0.6) is 0 Å². The third-order valence-electron chi connectivity index (χ3n) is 5.10. The van der Waals surface area contributed by atoms with Gasteiger partial charge in [0.05, 0.1) is 22.2 Å². The molecule has 1 aromatic rings.